The van der Waals surface area contributed by atoms with Crippen molar-refractivity contribution in [1.29, 1.82) is 0 Å². The standard InChI is InChI=1S/C16H14BrFO4/c1-2-21-14-8-11(16(19)20)7-13(17)15(14)22-9-10-4-3-5-12(18)6-10/h3-8H,2,9H2,1H3,(H,19,20)/p-1. The first-order valence-electron chi connectivity index (χ1n) is 6.56. The molecule has 4 nitrogen and oxygen atoms in total. The zero-order valence-corrected chi connectivity index (χ0v) is 13.4. The number of hydrogen-bond donors (Lipinski definition) is 0. The average molecular weight is 368 g/mol. The van der Waals surface area contributed by atoms with Gasteiger partial charge in [-0.05, 0) is 52.7 Å². The SMILES string of the molecule is CCOc1cc(C(=O)[O-])cc(Br)c1OCc1cccc(F)c1. The molecule has 0 aliphatic heterocycles. The molecule has 0 saturated carbocycles. The third kappa shape index (κ3) is 3.98. The fourth-order valence-corrected chi connectivity index (χ4v) is 2.43. The predicted molar refractivity (Wildman–Crippen MR) is 80.4 cm³/mol. The lowest BCUT2D eigenvalue weighted by molar-refractivity contribution is -0.255. The summed E-state index contributed by atoms with van der Waals surface area (Å²) in [6.07, 6.45) is 0. The first-order valence-corrected chi connectivity index (χ1v) is 7.35. The zero-order valence-electron chi connectivity index (χ0n) is 11.8. The van der Waals surface area contributed by atoms with E-state index in [9.17, 15) is 14.3 Å². The van der Waals surface area contributed by atoms with Crippen molar-refractivity contribution >= 4 is 21.9 Å². The van der Waals surface area contributed by atoms with E-state index in [0.717, 1.165) is 0 Å². The molecule has 0 aromatic heterocycles. The number of rotatable bonds is 6. The summed E-state index contributed by atoms with van der Waals surface area (Å²) in [5, 5.41) is 11.0. The van der Waals surface area contributed by atoms with Gasteiger partial charge in [0.2, 0.25) is 0 Å². The van der Waals surface area contributed by atoms with Crippen LogP contribution in [0.4, 0.5) is 4.39 Å². The molecule has 0 amide bonds. The van der Waals surface area contributed by atoms with Crippen molar-refractivity contribution < 1.29 is 23.8 Å². The lowest BCUT2D eigenvalue weighted by Gasteiger charge is -2.16. The van der Waals surface area contributed by atoms with Crippen LogP contribution < -0.4 is 14.6 Å². The average Bonchev–Trinajstić information content (AvgIpc) is 2.46. The fourth-order valence-electron chi connectivity index (χ4n) is 1.87. The van der Waals surface area contributed by atoms with E-state index >= 15 is 0 Å². The number of ether oxygens (including phenoxy) is 2. The first-order chi connectivity index (χ1) is 10.5. The summed E-state index contributed by atoms with van der Waals surface area (Å²) >= 11 is 3.25. The van der Waals surface area contributed by atoms with E-state index in [2.05, 4.69) is 15.9 Å². The lowest BCUT2D eigenvalue weighted by Crippen LogP contribution is -2.22. The Bertz CT molecular complexity index is 688. The molecule has 0 spiro atoms. The summed E-state index contributed by atoms with van der Waals surface area (Å²) in [5.41, 5.74) is 0.631. The van der Waals surface area contributed by atoms with Crippen LogP contribution in [-0.2, 0) is 6.61 Å². The van der Waals surface area contributed by atoms with Crippen LogP contribution in [0.1, 0.15) is 22.8 Å². The van der Waals surface area contributed by atoms with Crippen LogP contribution in [0, 0.1) is 5.82 Å². The van der Waals surface area contributed by atoms with Gasteiger partial charge in [-0.3, -0.25) is 0 Å². The summed E-state index contributed by atoms with van der Waals surface area (Å²) in [7, 11) is 0. The third-order valence-corrected chi connectivity index (χ3v) is 3.41. The Kier molecular flexibility index (Phi) is 5.38. The summed E-state index contributed by atoms with van der Waals surface area (Å²) in [6, 6.07) is 8.74. The quantitative estimate of drug-likeness (QED) is 0.787. The number of benzene rings is 2. The van der Waals surface area contributed by atoms with Gasteiger partial charge in [-0.25, -0.2) is 4.39 Å². The van der Waals surface area contributed by atoms with E-state index in [1.54, 1.807) is 19.1 Å². The Labute approximate surface area is 135 Å². The van der Waals surface area contributed by atoms with Crippen molar-refractivity contribution in [3.8, 4) is 11.5 Å². The Hall–Kier alpha value is -2.08. The molecule has 0 atom stereocenters. The molecule has 0 aliphatic carbocycles. The third-order valence-electron chi connectivity index (χ3n) is 2.82. The largest absolute Gasteiger partial charge is 0.545 e. The molecule has 0 bridgehead atoms. The highest BCUT2D eigenvalue weighted by molar-refractivity contribution is 9.10. The Morgan fingerprint density at radius 3 is 2.68 bits per heavy atom. The molecule has 6 heteroatoms. The highest BCUT2D eigenvalue weighted by Gasteiger charge is 2.13. The monoisotopic (exact) mass is 367 g/mol. The molecule has 0 heterocycles. The molecule has 0 fully saturated rings. The van der Waals surface area contributed by atoms with Crippen molar-refractivity contribution in [2.45, 2.75) is 13.5 Å². The highest BCUT2D eigenvalue weighted by Crippen LogP contribution is 2.37. The minimum atomic E-state index is -1.31. The summed E-state index contributed by atoms with van der Waals surface area (Å²) < 4.78 is 24.6. The van der Waals surface area contributed by atoms with Gasteiger partial charge in [0.25, 0.3) is 0 Å². The number of aromatic carboxylic acids is 1. The molecule has 0 N–H and O–H groups in total. The number of hydrogen-bond acceptors (Lipinski definition) is 4. The first kappa shape index (κ1) is 16.3. The highest BCUT2D eigenvalue weighted by atomic mass is 79.9. The Morgan fingerprint density at radius 1 is 1.27 bits per heavy atom. The molecule has 2 rings (SSSR count). The van der Waals surface area contributed by atoms with Gasteiger partial charge in [0, 0.05) is 5.56 Å². The molecule has 0 saturated heterocycles. The maximum Gasteiger partial charge on any atom is 0.175 e. The molecule has 116 valence electrons. The van der Waals surface area contributed by atoms with Crippen molar-refractivity contribution in [2.24, 2.45) is 0 Å². The lowest BCUT2D eigenvalue weighted by atomic mass is 10.2. The topological polar surface area (TPSA) is 58.6 Å². The second kappa shape index (κ2) is 7.26. The van der Waals surface area contributed by atoms with Crippen LogP contribution in [0.5, 0.6) is 11.5 Å². The molecule has 0 radical (unpaired) electrons. The van der Waals surface area contributed by atoms with E-state index in [0.29, 0.717) is 22.4 Å². The molecule has 22 heavy (non-hydrogen) atoms. The number of carboxylic acids is 1. The van der Waals surface area contributed by atoms with Gasteiger partial charge in [0.05, 0.1) is 17.0 Å². The van der Waals surface area contributed by atoms with Crippen molar-refractivity contribution in [3.05, 3.63) is 57.8 Å². The normalized spacial score (nSPS) is 10.3. The summed E-state index contributed by atoms with van der Waals surface area (Å²) in [4.78, 5) is 11.0. The second-order valence-electron chi connectivity index (χ2n) is 4.42. The summed E-state index contributed by atoms with van der Waals surface area (Å²) in [6.45, 7) is 2.25. The number of carbonyl (C=O) groups excluding carboxylic acids is 1. The van der Waals surface area contributed by atoms with E-state index in [1.807, 2.05) is 0 Å². The van der Waals surface area contributed by atoms with E-state index < -0.39 is 5.97 Å². The molecular formula is C16H13BrFO4-. The molecule has 2 aromatic carbocycles. The Balaban J connectivity index is 2.27. The fraction of sp³-hybridized carbons (Fsp3) is 0.188. The smallest absolute Gasteiger partial charge is 0.175 e. The number of halogens is 2. The summed E-state index contributed by atoms with van der Waals surface area (Å²) in [5.74, 6) is -1.01. The minimum Gasteiger partial charge on any atom is -0.545 e. The van der Waals surface area contributed by atoms with Crippen molar-refractivity contribution in [2.75, 3.05) is 6.61 Å². The van der Waals surface area contributed by atoms with E-state index in [4.69, 9.17) is 9.47 Å². The van der Waals surface area contributed by atoms with Gasteiger partial charge < -0.3 is 19.4 Å². The van der Waals surface area contributed by atoms with Gasteiger partial charge in [0.15, 0.2) is 11.5 Å². The molecule has 2 aromatic rings. The molecule has 0 aliphatic rings. The van der Waals surface area contributed by atoms with Crippen molar-refractivity contribution in [3.63, 3.8) is 0 Å². The zero-order chi connectivity index (χ0) is 16.1. The predicted octanol–water partition coefficient (Wildman–Crippen LogP) is 2.93. The number of carbonyl (C=O) groups is 1. The minimum absolute atomic E-state index is 0.0200. The van der Waals surface area contributed by atoms with E-state index in [-0.39, 0.29) is 23.7 Å². The molecular weight excluding hydrogens is 355 g/mol. The van der Waals surface area contributed by atoms with Gasteiger partial charge in [-0.1, -0.05) is 12.1 Å². The van der Waals surface area contributed by atoms with Crippen LogP contribution in [0.15, 0.2) is 40.9 Å². The maximum absolute atomic E-state index is 13.2. The van der Waals surface area contributed by atoms with Crippen LogP contribution in [0.25, 0.3) is 0 Å². The van der Waals surface area contributed by atoms with Crippen LogP contribution in [0.2, 0.25) is 0 Å². The van der Waals surface area contributed by atoms with Crippen LogP contribution >= 0.6 is 15.9 Å². The van der Waals surface area contributed by atoms with Gasteiger partial charge in [-0.15, -0.1) is 0 Å². The Morgan fingerprint density at radius 2 is 2.05 bits per heavy atom. The van der Waals surface area contributed by atoms with Gasteiger partial charge in [-0.2, -0.15) is 0 Å². The number of carboxylic acid groups (broad SMARTS) is 1. The van der Waals surface area contributed by atoms with Gasteiger partial charge >= 0.3 is 0 Å². The van der Waals surface area contributed by atoms with Gasteiger partial charge in [0.1, 0.15) is 12.4 Å². The maximum atomic E-state index is 13.2. The van der Waals surface area contributed by atoms with Crippen molar-refractivity contribution in [1.82, 2.24) is 0 Å². The van der Waals surface area contributed by atoms with Crippen LogP contribution in [0.3, 0.4) is 0 Å². The molecule has 0 unspecified atom stereocenters. The van der Waals surface area contributed by atoms with Crippen LogP contribution in [-0.4, -0.2) is 12.6 Å². The van der Waals surface area contributed by atoms with E-state index in [1.165, 1.54) is 24.3 Å². The second-order valence-corrected chi connectivity index (χ2v) is 5.28.